The first-order valence-electron chi connectivity index (χ1n) is 2.64. The normalized spacial score (nSPS) is 9.56. The Labute approximate surface area is 58.3 Å². The van der Waals surface area contributed by atoms with E-state index in [-0.39, 0.29) is 0 Å². The fraction of sp³-hybridized carbons (Fsp3) is 0.333. The molecule has 50 valence electrons. The van der Waals surface area contributed by atoms with Crippen LogP contribution in [0.3, 0.4) is 0 Å². The van der Waals surface area contributed by atoms with Crippen molar-refractivity contribution in [3.8, 4) is 5.06 Å². The fourth-order valence-electron chi connectivity index (χ4n) is 0.568. The zero-order valence-electron chi connectivity index (χ0n) is 5.47. The number of rotatable bonds is 1. The minimum absolute atomic E-state index is 0.817. The summed E-state index contributed by atoms with van der Waals surface area (Å²) in [4.78, 5) is 1.12. The molecule has 3 heteroatoms. The lowest BCUT2D eigenvalue weighted by molar-refractivity contribution is 0.427. The number of nitrogens with two attached hydrogens (primary N) is 1. The Bertz CT molecular complexity index is 187. The average molecular weight is 143 g/mol. The van der Waals surface area contributed by atoms with Crippen molar-refractivity contribution in [3.63, 3.8) is 0 Å². The largest absolute Gasteiger partial charge is 0.487 e. The lowest BCUT2D eigenvalue weighted by atomic mass is 10.4. The van der Waals surface area contributed by atoms with Gasteiger partial charge in [-0.15, -0.1) is 11.3 Å². The Hall–Kier alpha value is -0.700. The molecule has 0 bridgehead atoms. The molecule has 0 aliphatic rings. The lowest BCUT2D eigenvalue weighted by Crippen LogP contribution is -1.80. The van der Waals surface area contributed by atoms with Gasteiger partial charge in [0.2, 0.25) is 0 Å². The molecule has 1 rings (SSSR count). The van der Waals surface area contributed by atoms with Crippen LogP contribution in [-0.4, -0.2) is 7.11 Å². The van der Waals surface area contributed by atoms with Crippen LogP contribution in [0.4, 0.5) is 5.69 Å². The molecule has 1 aromatic heterocycles. The van der Waals surface area contributed by atoms with Gasteiger partial charge in [-0.2, -0.15) is 0 Å². The molecule has 2 nitrogen and oxygen atoms in total. The Kier molecular flexibility index (Phi) is 1.62. The Morgan fingerprint density at radius 2 is 2.33 bits per heavy atom. The van der Waals surface area contributed by atoms with Gasteiger partial charge in [-0.05, 0) is 6.92 Å². The van der Waals surface area contributed by atoms with Crippen molar-refractivity contribution in [2.45, 2.75) is 6.92 Å². The number of ether oxygens (including phenoxy) is 1. The molecule has 0 unspecified atom stereocenters. The van der Waals surface area contributed by atoms with E-state index in [1.807, 2.05) is 13.0 Å². The summed E-state index contributed by atoms with van der Waals surface area (Å²) in [6.45, 7) is 1.97. The topological polar surface area (TPSA) is 35.2 Å². The van der Waals surface area contributed by atoms with Gasteiger partial charge in [0.1, 0.15) is 0 Å². The summed E-state index contributed by atoms with van der Waals surface area (Å²) in [7, 11) is 1.64. The van der Waals surface area contributed by atoms with Gasteiger partial charge in [0.25, 0.3) is 0 Å². The van der Waals surface area contributed by atoms with E-state index in [2.05, 4.69) is 0 Å². The van der Waals surface area contributed by atoms with Gasteiger partial charge in [0, 0.05) is 16.6 Å². The molecule has 0 radical (unpaired) electrons. The van der Waals surface area contributed by atoms with Crippen molar-refractivity contribution in [3.05, 3.63) is 10.9 Å². The molecule has 0 aliphatic carbocycles. The van der Waals surface area contributed by atoms with Crippen molar-refractivity contribution in [1.82, 2.24) is 0 Å². The van der Waals surface area contributed by atoms with Gasteiger partial charge in [-0.25, -0.2) is 0 Å². The number of nitrogen functional groups attached to an aromatic ring is 1. The van der Waals surface area contributed by atoms with Gasteiger partial charge >= 0.3 is 0 Å². The highest BCUT2D eigenvalue weighted by molar-refractivity contribution is 7.14. The van der Waals surface area contributed by atoms with Gasteiger partial charge in [0.05, 0.1) is 7.11 Å². The number of thiophene rings is 1. The zero-order chi connectivity index (χ0) is 6.85. The quantitative estimate of drug-likeness (QED) is 0.648. The number of methoxy groups -OCH3 is 1. The highest BCUT2D eigenvalue weighted by Crippen LogP contribution is 2.29. The van der Waals surface area contributed by atoms with Gasteiger partial charge in [0.15, 0.2) is 5.06 Å². The molecule has 0 atom stereocenters. The van der Waals surface area contributed by atoms with Crippen LogP contribution < -0.4 is 10.5 Å². The standard InChI is InChI=1S/C6H9NOS/c1-4-5(7)3-6(8-2)9-4/h3H,7H2,1-2H3. The molecule has 0 fully saturated rings. The third-order valence-corrected chi connectivity index (χ3v) is 2.16. The van der Waals surface area contributed by atoms with E-state index >= 15 is 0 Å². The third kappa shape index (κ3) is 1.16. The smallest absolute Gasteiger partial charge is 0.175 e. The van der Waals surface area contributed by atoms with Crippen LogP contribution in [0.15, 0.2) is 6.07 Å². The number of hydrogen-bond donors (Lipinski definition) is 1. The molecule has 0 aromatic carbocycles. The number of anilines is 1. The highest BCUT2D eigenvalue weighted by atomic mass is 32.1. The molecule has 9 heavy (non-hydrogen) atoms. The first-order valence-corrected chi connectivity index (χ1v) is 3.45. The van der Waals surface area contributed by atoms with Crippen LogP contribution in [0.5, 0.6) is 5.06 Å². The predicted octanol–water partition coefficient (Wildman–Crippen LogP) is 1.65. The van der Waals surface area contributed by atoms with Gasteiger partial charge in [-0.3, -0.25) is 0 Å². The average Bonchev–Trinajstić information content (AvgIpc) is 2.13. The van der Waals surface area contributed by atoms with E-state index in [4.69, 9.17) is 10.5 Å². The lowest BCUT2D eigenvalue weighted by Gasteiger charge is -1.87. The van der Waals surface area contributed by atoms with Gasteiger partial charge in [-0.1, -0.05) is 0 Å². The molecule has 0 saturated carbocycles. The second kappa shape index (κ2) is 2.27. The van der Waals surface area contributed by atoms with E-state index in [1.54, 1.807) is 18.4 Å². The van der Waals surface area contributed by atoms with Crippen molar-refractivity contribution in [1.29, 1.82) is 0 Å². The van der Waals surface area contributed by atoms with Crippen LogP contribution in [0, 0.1) is 6.92 Å². The maximum absolute atomic E-state index is 5.55. The number of aryl methyl sites for hydroxylation is 1. The van der Waals surface area contributed by atoms with Crippen LogP contribution >= 0.6 is 11.3 Å². The van der Waals surface area contributed by atoms with E-state index in [0.717, 1.165) is 15.6 Å². The molecule has 0 spiro atoms. The van der Waals surface area contributed by atoms with E-state index < -0.39 is 0 Å². The van der Waals surface area contributed by atoms with Crippen molar-refractivity contribution >= 4 is 17.0 Å². The SMILES string of the molecule is COc1cc(N)c(C)s1. The second-order valence-electron chi connectivity index (χ2n) is 1.78. The monoisotopic (exact) mass is 143 g/mol. The summed E-state index contributed by atoms with van der Waals surface area (Å²) in [5, 5.41) is 0.880. The van der Waals surface area contributed by atoms with Crippen molar-refractivity contribution in [2.75, 3.05) is 12.8 Å². The van der Waals surface area contributed by atoms with Crippen molar-refractivity contribution in [2.24, 2.45) is 0 Å². The maximum Gasteiger partial charge on any atom is 0.175 e. The molecule has 0 saturated heterocycles. The summed E-state index contributed by atoms with van der Waals surface area (Å²) in [5.41, 5.74) is 6.36. The first-order chi connectivity index (χ1) is 4.24. The Balaban J connectivity index is 2.98. The summed E-state index contributed by atoms with van der Waals surface area (Å²) in [6.07, 6.45) is 0. The summed E-state index contributed by atoms with van der Waals surface area (Å²) >= 11 is 1.57. The Morgan fingerprint density at radius 3 is 2.56 bits per heavy atom. The summed E-state index contributed by atoms with van der Waals surface area (Å²) in [5.74, 6) is 0. The van der Waals surface area contributed by atoms with Gasteiger partial charge < -0.3 is 10.5 Å². The molecule has 0 aliphatic heterocycles. The molecule has 1 aromatic rings. The molecule has 0 amide bonds. The van der Waals surface area contributed by atoms with Crippen LogP contribution in [0.25, 0.3) is 0 Å². The van der Waals surface area contributed by atoms with Crippen LogP contribution in [0.2, 0.25) is 0 Å². The minimum Gasteiger partial charge on any atom is -0.487 e. The summed E-state index contributed by atoms with van der Waals surface area (Å²) < 4.78 is 4.95. The van der Waals surface area contributed by atoms with Crippen LogP contribution in [0.1, 0.15) is 4.88 Å². The van der Waals surface area contributed by atoms with E-state index in [9.17, 15) is 0 Å². The molecule has 1 heterocycles. The fourth-order valence-corrected chi connectivity index (χ4v) is 1.32. The molecular weight excluding hydrogens is 134 g/mol. The number of hydrogen-bond acceptors (Lipinski definition) is 3. The molecule has 2 N–H and O–H groups in total. The highest BCUT2D eigenvalue weighted by Gasteiger charge is 1.99. The Morgan fingerprint density at radius 1 is 1.67 bits per heavy atom. The van der Waals surface area contributed by atoms with Crippen molar-refractivity contribution < 1.29 is 4.74 Å². The molecular formula is C6H9NOS. The van der Waals surface area contributed by atoms with E-state index in [1.165, 1.54) is 0 Å². The van der Waals surface area contributed by atoms with Crippen LogP contribution in [-0.2, 0) is 0 Å². The maximum atomic E-state index is 5.55. The third-order valence-electron chi connectivity index (χ3n) is 1.13. The predicted molar refractivity (Wildman–Crippen MR) is 40.0 cm³/mol. The van der Waals surface area contributed by atoms with E-state index in [0.29, 0.717) is 0 Å². The first kappa shape index (κ1) is 6.42. The zero-order valence-corrected chi connectivity index (χ0v) is 6.29. The second-order valence-corrected chi connectivity index (χ2v) is 3.00. The summed E-state index contributed by atoms with van der Waals surface area (Å²) in [6, 6.07) is 1.83. The minimum atomic E-state index is 0.817.